The van der Waals surface area contributed by atoms with Crippen molar-refractivity contribution >= 4 is 5.91 Å². The largest absolute Gasteiger partial charge is 0.394 e. The molecule has 4 rings (SSSR count). The Morgan fingerprint density at radius 2 is 1.54 bits per heavy atom. The zero-order chi connectivity index (χ0) is 25.6. The molecule has 0 aliphatic heterocycles. The van der Waals surface area contributed by atoms with Crippen LogP contribution in [-0.2, 0) is 17.4 Å². The second-order valence-electron chi connectivity index (χ2n) is 13.3. The Hall–Kier alpha value is -2.07. The number of carbonyl (C=O) groups is 1. The van der Waals surface area contributed by atoms with Crippen molar-refractivity contribution < 1.29 is 9.90 Å². The summed E-state index contributed by atoms with van der Waals surface area (Å²) in [7, 11) is 0. The molecular formula is C31H46N2O2. The molecule has 4 nitrogen and oxygen atoms in total. The lowest BCUT2D eigenvalue weighted by atomic mass is 9.79. The summed E-state index contributed by atoms with van der Waals surface area (Å²) in [5.74, 6) is 0.602. The molecule has 0 saturated heterocycles. The third kappa shape index (κ3) is 5.69. The minimum Gasteiger partial charge on any atom is -0.394 e. The molecular weight excluding hydrogens is 432 g/mol. The maximum absolute atomic E-state index is 13.4. The van der Waals surface area contributed by atoms with Crippen LogP contribution >= 0.6 is 0 Å². The van der Waals surface area contributed by atoms with Crippen molar-refractivity contribution in [3.63, 3.8) is 0 Å². The van der Waals surface area contributed by atoms with E-state index in [4.69, 9.17) is 0 Å². The molecule has 2 aromatic rings. The predicted octanol–water partition coefficient (Wildman–Crippen LogP) is 6.89. The summed E-state index contributed by atoms with van der Waals surface area (Å²) in [6.07, 6.45) is 8.19. The molecule has 0 bridgehead atoms. The fourth-order valence-electron chi connectivity index (χ4n) is 5.40. The highest BCUT2D eigenvalue weighted by Crippen LogP contribution is 2.38. The monoisotopic (exact) mass is 478 g/mol. The number of amides is 1. The van der Waals surface area contributed by atoms with E-state index in [9.17, 15) is 9.90 Å². The summed E-state index contributed by atoms with van der Waals surface area (Å²) in [5, 5.41) is 12.9. The summed E-state index contributed by atoms with van der Waals surface area (Å²) >= 11 is 0. The second kappa shape index (κ2) is 9.42. The first-order valence-electron chi connectivity index (χ1n) is 13.6. The zero-order valence-electron chi connectivity index (χ0n) is 23.1. The van der Waals surface area contributed by atoms with E-state index in [2.05, 4.69) is 82.6 Å². The maximum Gasteiger partial charge on any atom is 0.253 e. The lowest BCUT2D eigenvalue weighted by Gasteiger charge is -2.27. The number of benzene rings is 1. The van der Waals surface area contributed by atoms with Gasteiger partial charge in [-0.25, -0.2) is 0 Å². The Morgan fingerprint density at radius 3 is 2.03 bits per heavy atom. The number of hydrogen-bond donors (Lipinski definition) is 2. The molecule has 0 unspecified atom stereocenters. The summed E-state index contributed by atoms with van der Waals surface area (Å²) in [5.41, 5.74) is 6.42. The molecule has 2 aliphatic rings. The van der Waals surface area contributed by atoms with Gasteiger partial charge in [-0.05, 0) is 84.2 Å². The van der Waals surface area contributed by atoms with Gasteiger partial charge in [0.15, 0.2) is 0 Å². The van der Waals surface area contributed by atoms with Crippen LogP contribution in [0.4, 0.5) is 0 Å². The smallest absolute Gasteiger partial charge is 0.253 e. The molecule has 2 saturated carbocycles. The van der Waals surface area contributed by atoms with E-state index < -0.39 is 5.54 Å². The van der Waals surface area contributed by atoms with Crippen molar-refractivity contribution in [2.75, 3.05) is 6.61 Å². The number of aliphatic hydroxyl groups excluding tert-OH is 1. The highest BCUT2D eigenvalue weighted by atomic mass is 16.3. The molecule has 0 radical (unpaired) electrons. The third-order valence-electron chi connectivity index (χ3n) is 8.27. The Balaban J connectivity index is 1.82. The SMILES string of the molecule is Cc1c(C(=O)NC2(CO)CC2)cc(-c2cc(C(C)(C)C)cc(C(C)(C)C)c2)n1CC1CCCCC1. The van der Waals surface area contributed by atoms with Crippen LogP contribution in [0.25, 0.3) is 11.3 Å². The van der Waals surface area contributed by atoms with Crippen molar-refractivity contribution in [2.24, 2.45) is 5.92 Å². The molecule has 2 aliphatic carbocycles. The van der Waals surface area contributed by atoms with Crippen LogP contribution in [0, 0.1) is 12.8 Å². The Labute approximate surface area is 212 Å². The highest BCUT2D eigenvalue weighted by molar-refractivity contribution is 5.97. The second-order valence-corrected chi connectivity index (χ2v) is 13.3. The maximum atomic E-state index is 13.4. The summed E-state index contributed by atoms with van der Waals surface area (Å²) in [6, 6.07) is 9.13. The molecule has 35 heavy (non-hydrogen) atoms. The summed E-state index contributed by atoms with van der Waals surface area (Å²) in [6.45, 7) is 16.7. The van der Waals surface area contributed by atoms with Gasteiger partial charge in [0, 0.05) is 17.9 Å². The van der Waals surface area contributed by atoms with Crippen LogP contribution in [0.1, 0.15) is 114 Å². The minimum atomic E-state index is -0.416. The lowest BCUT2D eigenvalue weighted by molar-refractivity contribution is 0.0906. The summed E-state index contributed by atoms with van der Waals surface area (Å²) in [4.78, 5) is 13.4. The minimum absolute atomic E-state index is 0.00992. The van der Waals surface area contributed by atoms with Gasteiger partial charge < -0.3 is 15.0 Å². The zero-order valence-corrected chi connectivity index (χ0v) is 23.1. The van der Waals surface area contributed by atoms with Crippen LogP contribution in [0.15, 0.2) is 24.3 Å². The Kier molecular flexibility index (Phi) is 7.00. The molecule has 1 aromatic carbocycles. The molecule has 0 spiro atoms. The Morgan fingerprint density at radius 1 is 0.971 bits per heavy atom. The van der Waals surface area contributed by atoms with E-state index in [1.807, 2.05) is 0 Å². The number of carbonyl (C=O) groups excluding carboxylic acids is 1. The fourth-order valence-corrected chi connectivity index (χ4v) is 5.40. The molecule has 1 heterocycles. The van der Waals surface area contributed by atoms with Crippen molar-refractivity contribution in [3.8, 4) is 11.3 Å². The van der Waals surface area contributed by atoms with Crippen molar-refractivity contribution in [2.45, 2.75) is 116 Å². The van der Waals surface area contributed by atoms with Crippen molar-refractivity contribution in [1.29, 1.82) is 0 Å². The number of aromatic nitrogens is 1. The van der Waals surface area contributed by atoms with Crippen LogP contribution in [0.5, 0.6) is 0 Å². The number of nitrogens with one attached hydrogen (secondary N) is 1. The van der Waals surface area contributed by atoms with Crippen LogP contribution in [0.2, 0.25) is 0 Å². The normalized spacial score (nSPS) is 18.5. The van der Waals surface area contributed by atoms with E-state index in [0.717, 1.165) is 36.3 Å². The first-order chi connectivity index (χ1) is 16.3. The van der Waals surface area contributed by atoms with E-state index in [1.165, 1.54) is 48.8 Å². The number of hydrogen-bond acceptors (Lipinski definition) is 2. The molecule has 2 N–H and O–H groups in total. The van der Waals surface area contributed by atoms with Crippen LogP contribution in [0.3, 0.4) is 0 Å². The molecule has 1 aromatic heterocycles. The summed E-state index contributed by atoms with van der Waals surface area (Å²) < 4.78 is 2.41. The molecule has 192 valence electrons. The first kappa shape index (κ1) is 26.0. The van der Waals surface area contributed by atoms with Gasteiger partial charge in [-0.3, -0.25) is 4.79 Å². The van der Waals surface area contributed by atoms with Gasteiger partial charge >= 0.3 is 0 Å². The average Bonchev–Trinajstić information content (AvgIpc) is 3.49. The lowest BCUT2D eigenvalue weighted by Crippen LogP contribution is -2.39. The van der Waals surface area contributed by atoms with Gasteiger partial charge in [-0.15, -0.1) is 0 Å². The van der Waals surface area contributed by atoms with Crippen molar-refractivity contribution in [3.05, 3.63) is 46.6 Å². The van der Waals surface area contributed by atoms with Gasteiger partial charge in [0.1, 0.15) is 0 Å². The fraction of sp³-hybridized carbons (Fsp3) is 0.645. The van der Waals surface area contributed by atoms with E-state index in [-0.39, 0.29) is 23.3 Å². The number of rotatable bonds is 6. The molecule has 2 fully saturated rings. The molecule has 4 heteroatoms. The number of aliphatic hydroxyl groups is 1. The van der Waals surface area contributed by atoms with Crippen molar-refractivity contribution in [1.82, 2.24) is 9.88 Å². The third-order valence-corrected chi connectivity index (χ3v) is 8.27. The van der Waals surface area contributed by atoms with Gasteiger partial charge in [0.25, 0.3) is 5.91 Å². The quantitative estimate of drug-likeness (QED) is 0.475. The highest BCUT2D eigenvalue weighted by Gasteiger charge is 2.44. The molecule has 1 amide bonds. The first-order valence-corrected chi connectivity index (χ1v) is 13.6. The van der Waals surface area contributed by atoms with E-state index >= 15 is 0 Å². The van der Waals surface area contributed by atoms with Gasteiger partial charge in [0.05, 0.1) is 17.7 Å². The van der Waals surface area contributed by atoms with Crippen LogP contribution in [-0.4, -0.2) is 27.7 Å². The number of nitrogens with zero attached hydrogens (tertiary/aromatic N) is 1. The topological polar surface area (TPSA) is 54.3 Å². The van der Waals surface area contributed by atoms with Gasteiger partial charge in [0.2, 0.25) is 0 Å². The van der Waals surface area contributed by atoms with Gasteiger partial charge in [-0.1, -0.05) is 66.9 Å². The van der Waals surface area contributed by atoms with E-state index in [1.54, 1.807) is 0 Å². The standard InChI is InChI=1S/C31H46N2O2/c1-21-26(28(35)32-31(20-34)13-14-31)18-27(33(21)19-22-11-9-8-10-12-22)23-15-24(29(2,3)4)17-25(16-23)30(5,6)7/h15-18,22,34H,8-14,19-20H2,1-7H3,(H,32,35). The van der Waals surface area contributed by atoms with Crippen LogP contribution < -0.4 is 5.32 Å². The molecule has 0 atom stereocenters. The predicted molar refractivity (Wildman–Crippen MR) is 145 cm³/mol. The van der Waals surface area contributed by atoms with Gasteiger partial charge in [-0.2, -0.15) is 0 Å². The average molecular weight is 479 g/mol. The Bertz CT molecular complexity index is 1040. The van der Waals surface area contributed by atoms with E-state index in [0.29, 0.717) is 5.92 Å².